The average molecular weight is 554 g/mol. The average Bonchev–Trinajstić information content (AvgIpc) is 3.11. The van der Waals surface area contributed by atoms with E-state index in [1.807, 2.05) is 72.8 Å². The van der Waals surface area contributed by atoms with Crippen LogP contribution < -0.4 is 0 Å². The maximum Gasteiger partial charge on any atom is 0.160 e. The van der Waals surface area contributed by atoms with Gasteiger partial charge < -0.3 is 0 Å². The molecule has 0 N–H and O–H groups in total. The van der Waals surface area contributed by atoms with Crippen LogP contribution in [0.5, 0.6) is 0 Å². The fourth-order valence-electron chi connectivity index (χ4n) is 5.60. The first kappa shape index (κ1) is 21.9. The van der Waals surface area contributed by atoms with E-state index >= 15 is 0 Å². The van der Waals surface area contributed by atoms with Crippen molar-refractivity contribution in [2.45, 2.75) is 6.85 Å². The maximum absolute atomic E-state index is 7.81. The molecule has 0 fully saturated rings. The van der Waals surface area contributed by atoms with Crippen LogP contribution >= 0.6 is 0 Å². The molecule has 0 aliphatic carbocycles. The molecule has 5 aromatic carbocycles. The fraction of sp³-hybridized carbons (Fsp3) is 0.0256. The maximum atomic E-state index is 7.81. The van der Waals surface area contributed by atoms with Gasteiger partial charge in [0.15, 0.2) is 5.82 Å². The molecule has 0 aliphatic heterocycles. The zero-order valence-electron chi connectivity index (χ0n) is 26.1. The van der Waals surface area contributed by atoms with Crippen molar-refractivity contribution < 1.29 is 4.11 Å². The molecule has 8 aromatic rings. The highest BCUT2D eigenvalue weighted by Crippen LogP contribution is 2.33. The second-order valence-electron chi connectivity index (χ2n) is 10.5. The lowest BCUT2D eigenvalue weighted by Gasteiger charge is -2.11. The van der Waals surface area contributed by atoms with Gasteiger partial charge >= 0.3 is 0 Å². The molecular weight excluding hydrogens is 524 g/mol. The van der Waals surface area contributed by atoms with E-state index in [0.29, 0.717) is 16.9 Å². The molecule has 202 valence electrons. The standard InChI is InChI=1S/C39H26N4/c1-25-12-13-29-18-19-30-21-23-34(41-38(30)37(29)40-25)27-16-14-26(15-17-27)32-20-22-33-35(24-32)42-39(31-10-6-3-7-11-31)43-36(33)28-8-4-2-5-9-28/h2-24H,1H3/i1D3. The summed E-state index contributed by atoms with van der Waals surface area (Å²) in [5.41, 5.74) is 8.99. The lowest BCUT2D eigenvalue weighted by Crippen LogP contribution is -1.95. The lowest BCUT2D eigenvalue weighted by molar-refractivity contribution is 1.23. The predicted molar refractivity (Wildman–Crippen MR) is 177 cm³/mol. The van der Waals surface area contributed by atoms with Crippen molar-refractivity contribution in [2.24, 2.45) is 0 Å². The fourth-order valence-corrected chi connectivity index (χ4v) is 5.60. The Balaban J connectivity index is 1.19. The molecule has 0 radical (unpaired) electrons. The van der Waals surface area contributed by atoms with Crippen molar-refractivity contribution in [3.8, 4) is 45.0 Å². The minimum absolute atomic E-state index is 0.0662. The number of rotatable bonds is 4. The summed E-state index contributed by atoms with van der Waals surface area (Å²) in [6.07, 6.45) is 0. The van der Waals surface area contributed by atoms with Gasteiger partial charge in [0.1, 0.15) is 0 Å². The number of nitrogens with zero attached hydrogens (tertiary/aromatic N) is 4. The second-order valence-corrected chi connectivity index (χ2v) is 10.5. The highest BCUT2D eigenvalue weighted by molar-refractivity contribution is 6.03. The summed E-state index contributed by atoms with van der Waals surface area (Å²) < 4.78 is 23.4. The van der Waals surface area contributed by atoms with Crippen molar-refractivity contribution >= 4 is 32.7 Å². The minimum Gasteiger partial charge on any atom is -0.251 e. The Hall–Kier alpha value is -5.74. The topological polar surface area (TPSA) is 51.6 Å². The van der Waals surface area contributed by atoms with E-state index in [4.69, 9.17) is 19.1 Å². The van der Waals surface area contributed by atoms with Crippen molar-refractivity contribution in [1.82, 2.24) is 19.9 Å². The van der Waals surface area contributed by atoms with E-state index in [2.05, 4.69) is 59.6 Å². The number of aromatic nitrogens is 4. The predicted octanol–water partition coefficient (Wildman–Crippen LogP) is 9.70. The van der Waals surface area contributed by atoms with Crippen LogP contribution in [0.2, 0.25) is 0 Å². The van der Waals surface area contributed by atoms with Crippen LogP contribution in [0.25, 0.3) is 77.7 Å². The smallest absolute Gasteiger partial charge is 0.160 e. The highest BCUT2D eigenvalue weighted by Gasteiger charge is 2.13. The van der Waals surface area contributed by atoms with Crippen LogP contribution in [-0.2, 0) is 0 Å². The molecule has 0 unspecified atom stereocenters. The third kappa shape index (κ3) is 4.59. The Bertz CT molecular complexity index is 2390. The Morgan fingerprint density at radius 1 is 0.465 bits per heavy atom. The molecular formula is C39H26N4. The van der Waals surface area contributed by atoms with Gasteiger partial charge in [0.05, 0.1) is 27.9 Å². The molecule has 43 heavy (non-hydrogen) atoms. The van der Waals surface area contributed by atoms with Gasteiger partial charge in [0.25, 0.3) is 0 Å². The summed E-state index contributed by atoms with van der Waals surface area (Å²) in [4.78, 5) is 19.4. The van der Waals surface area contributed by atoms with Crippen LogP contribution in [0.4, 0.5) is 0 Å². The van der Waals surface area contributed by atoms with Crippen molar-refractivity contribution in [3.05, 3.63) is 145 Å². The summed E-state index contributed by atoms with van der Waals surface area (Å²) in [5, 5.41) is 2.76. The number of aryl methyl sites for hydroxylation is 1. The quantitative estimate of drug-likeness (QED) is 0.204. The van der Waals surface area contributed by atoms with E-state index in [-0.39, 0.29) is 5.69 Å². The summed E-state index contributed by atoms with van der Waals surface area (Å²) >= 11 is 0. The molecule has 3 aromatic heterocycles. The van der Waals surface area contributed by atoms with Crippen molar-refractivity contribution in [2.75, 3.05) is 0 Å². The van der Waals surface area contributed by atoms with Crippen LogP contribution in [-0.4, -0.2) is 19.9 Å². The van der Waals surface area contributed by atoms with E-state index in [1.54, 1.807) is 12.1 Å². The van der Waals surface area contributed by atoms with Crippen molar-refractivity contribution in [3.63, 3.8) is 0 Å². The lowest BCUT2D eigenvalue weighted by atomic mass is 9.99. The largest absolute Gasteiger partial charge is 0.251 e. The van der Waals surface area contributed by atoms with Gasteiger partial charge in [-0.15, -0.1) is 0 Å². The van der Waals surface area contributed by atoms with Gasteiger partial charge in [-0.2, -0.15) is 0 Å². The normalized spacial score (nSPS) is 12.7. The molecule has 4 heteroatoms. The molecule has 8 rings (SSSR count). The van der Waals surface area contributed by atoms with Crippen LogP contribution in [0.15, 0.2) is 140 Å². The van der Waals surface area contributed by atoms with Crippen molar-refractivity contribution in [1.29, 1.82) is 0 Å². The molecule has 0 saturated heterocycles. The molecule has 0 bridgehead atoms. The number of hydrogen-bond acceptors (Lipinski definition) is 4. The number of hydrogen-bond donors (Lipinski definition) is 0. The Morgan fingerprint density at radius 3 is 1.84 bits per heavy atom. The molecule has 0 spiro atoms. The Labute approximate surface area is 253 Å². The first-order valence-corrected chi connectivity index (χ1v) is 14.2. The summed E-state index contributed by atoms with van der Waals surface area (Å²) in [6, 6.07) is 46.2. The van der Waals surface area contributed by atoms with Gasteiger partial charge in [-0.3, -0.25) is 4.98 Å². The van der Waals surface area contributed by atoms with Crippen LogP contribution in [0, 0.1) is 6.85 Å². The van der Waals surface area contributed by atoms with E-state index in [1.165, 1.54) is 0 Å². The molecule has 0 aliphatic rings. The summed E-state index contributed by atoms with van der Waals surface area (Å²) in [6.45, 7) is -2.29. The number of benzene rings is 5. The molecule has 0 amide bonds. The molecule has 4 nitrogen and oxygen atoms in total. The number of pyridine rings is 2. The monoisotopic (exact) mass is 553 g/mol. The number of fused-ring (bicyclic) bond motifs is 4. The van der Waals surface area contributed by atoms with Crippen LogP contribution in [0.1, 0.15) is 9.81 Å². The van der Waals surface area contributed by atoms with Gasteiger partial charge in [-0.05, 0) is 42.2 Å². The summed E-state index contributed by atoms with van der Waals surface area (Å²) in [5.74, 6) is 0.690. The zero-order valence-corrected chi connectivity index (χ0v) is 23.1. The first-order valence-electron chi connectivity index (χ1n) is 15.7. The third-order valence-electron chi connectivity index (χ3n) is 7.81. The van der Waals surface area contributed by atoms with E-state index < -0.39 is 6.85 Å². The molecule has 3 heterocycles. The second kappa shape index (κ2) is 10.3. The summed E-state index contributed by atoms with van der Waals surface area (Å²) in [7, 11) is 0. The first-order chi connectivity index (χ1) is 22.4. The third-order valence-corrected chi connectivity index (χ3v) is 7.81. The Kier molecular flexibility index (Phi) is 5.24. The van der Waals surface area contributed by atoms with Gasteiger partial charge in [-0.1, -0.05) is 115 Å². The zero-order chi connectivity index (χ0) is 31.3. The van der Waals surface area contributed by atoms with Gasteiger partial charge in [0.2, 0.25) is 0 Å². The van der Waals surface area contributed by atoms with E-state index in [9.17, 15) is 0 Å². The van der Waals surface area contributed by atoms with Gasteiger partial charge in [-0.25, -0.2) is 15.0 Å². The minimum atomic E-state index is -2.29. The van der Waals surface area contributed by atoms with Crippen LogP contribution in [0.3, 0.4) is 0 Å². The molecule has 0 saturated carbocycles. The highest BCUT2D eigenvalue weighted by atomic mass is 14.9. The van der Waals surface area contributed by atoms with Gasteiger partial charge in [0, 0.05) is 42.7 Å². The van der Waals surface area contributed by atoms with E-state index in [0.717, 1.165) is 60.9 Å². The Morgan fingerprint density at radius 2 is 1.09 bits per heavy atom. The molecule has 0 atom stereocenters. The SMILES string of the molecule is [2H]C([2H])([2H])c1ccc2ccc3ccc(-c4ccc(-c5ccc6c(-c7ccccc7)nc(-c7ccccc7)nc6c5)cc4)nc3c2n1.